The van der Waals surface area contributed by atoms with E-state index in [2.05, 4.69) is 17.1 Å². The molecule has 1 aromatic carbocycles. The van der Waals surface area contributed by atoms with E-state index in [1.807, 2.05) is 18.4 Å². The van der Waals surface area contributed by atoms with E-state index in [0.29, 0.717) is 24.9 Å². The Morgan fingerprint density at radius 2 is 1.84 bits per heavy atom. The van der Waals surface area contributed by atoms with E-state index in [0.717, 1.165) is 11.8 Å². The number of allylic oxidation sites excluding steroid dienone is 2. The lowest BCUT2D eigenvalue weighted by Crippen LogP contribution is -2.35. The molecule has 7 nitrogen and oxygen atoms in total. The summed E-state index contributed by atoms with van der Waals surface area (Å²) in [6.07, 6.45) is 11.0. The average molecular weight is 477 g/mol. The van der Waals surface area contributed by atoms with Crippen LogP contribution in [0.3, 0.4) is 0 Å². The number of hydrogen-bond acceptors (Lipinski definition) is 7. The van der Waals surface area contributed by atoms with Gasteiger partial charge in [-0.25, -0.2) is 8.42 Å². The number of thioether (sulfide) groups is 1. The molecule has 9 heteroatoms. The van der Waals surface area contributed by atoms with Crippen LogP contribution >= 0.6 is 11.8 Å². The number of aliphatic imine (C=N–C) groups is 1. The minimum absolute atomic E-state index is 0.0266. The first-order valence-corrected chi connectivity index (χ1v) is 13.0. The number of ketones is 1. The molecular formula is C23H28N2O5S2. The summed E-state index contributed by atoms with van der Waals surface area (Å²) >= 11 is 0.926. The normalized spacial score (nSPS) is 21.8. The quantitative estimate of drug-likeness (QED) is 0.493. The summed E-state index contributed by atoms with van der Waals surface area (Å²) in [5, 5.41) is 9.11. The van der Waals surface area contributed by atoms with Gasteiger partial charge in [0.15, 0.2) is 10.9 Å². The molecule has 1 aromatic rings. The molecule has 0 saturated carbocycles. The van der Waals surface area contributed by atoms with E-state index in [4.69, 9.17) is 0 Å². The third kappa shape index (κ3) is 6.04. The highest BCUT2D eigenvalue weighted by Gasteiger charge is 2.32. The van der Waals surface area contributed by atoms with Crippen molar-refractivity contribution in [1.82, 2.24) is 4.31 Å². The molecule has 0 aromatic heterocycles. The number of carbonyl (C=O) groups excluding carboxylic acids is 2. The van der Waals surface area contributed by atoms with Crippen molar-refractivity contribution >= 4 is 38.9 Å². The van der Waals surface area contributed by atoms with Crippen molar-refractivity contribution in [1.29, 1.82) is 0 Å². The number of rotatable bonds is 11. The van der Waals surface area contributed by atoms with Crippen LogP contribution in [-0.2, 0) is 14.8 Å². The minimum atomic E-state index is -3.79. The Bertz CT molecular complexity index is 1020. The largest absolute Gasteiger partial charge is 0.396 e. The Balaban J connectivity index is 1.69. The first kappa shape index (κ1) is 24.6. The van der Waals surface area contributed by atoms with Crippen molar-refractivity contribution in [3.8, 4) is 0 Å². The zero-order valence-electron chi connectivity index (χ0n) is 18.0. The van der Waals surface area contributed by atoms with Gasteiger partial charge in [0, 0.05) is 50.2 Å². The Kier molecular flexibility index (Phi) is 8.58. The molecular weight excluding hydrogens is 448 g/mol. The number of aliphatic hydroxyl groups is 1. The van der Waals surface area contributed by atoms with Crippen LogP contribution in [0, 0.1) is 11.8 Å². The Labute approximate surface area is 193 Å². The third-order valence-electron chi connectivity index (χ3n) is 5.59. The molecule has 3 rings (SSSR count). The van der Waals surface area contributed by atoms with Gasteiger partial charge in [0.05, 0.1) is 16.7 Å². The molecule has 0 fully saturated rings. The Morgan fingerprint density at radius 1 is 1.12 bits per heavy atom. The SMILES string of the molecule is CC(=O)SCC(=O)c1ccc(S(=O)(=O)N(CCCO)CCC2C=NC3C=CC=CC23)cc1. The summed E-state index contributed by atoms with van der Waals surface area (Å²) in [6, 6.07) is 5.93. The van der Waals surface area contributed by atoms with E-state index in [-0.39, 0.29) is 52.6 Å². The van der Waals surface area contributed by atoms with Gasteiger partial charge in [-0.1, -0.05) is 48.2 Å². The lowest BCUT2D eigenvalue weighted by Gasteiger charge is -2.25. The second-order valence-electron chi connectivity index (χ2n) is 7.80. The molecule has 0 spiro atoms. The highest BCUT2D eigenvalue weighted by molar-refractivity contribution is 8.14. The number of sulfonamides is 1. The van der Waals surface area contributed by atoms with E-state index < -0.39 is 10.0 Å². The predicted molar refractivity (Wildman–Crippen MR) is 127 cm³/mol. The smallest absolute Gasteiger partial charge is 0.243 e. The molecule has 0 saturated heterocycles. The summed E-state index contributed by atoms with van der Waals surface area (Å²) in [5.41, 5.74) is 0.366. The van der Waals surface area contributed by atoms with Crippen LogP contribution in [0.5, 0.6) is 0 Å². The Morgan fingerprint density at radius 3 is 2.53 bits per heavy atom. The van der Waals surface area contributed by atoms with Gasteiger partial charge in [0.1, 0.15) is 0 Å². The number of nitrogens with zero attached hydrogens (tertiary/aromatic N) is 2. The second-order valence-corrected chi connectivity index (χ2v) is 10.9. The number of carbonyl (C=O) groups is 2. The fraction of sp³-hybridized carbons (Fsp3) is 0.435. The van der Waals surface area contributed by atoms with Crippen molar-refractivity contribution in [2.24, 2.45) is 16.8 Å². The van der Waals surface area contributed by atoms with Gasteiger partial charge in [-0.05, 0) is 25.0 Å². The Hall–Kier alpha value is -2.07. The van der Waals surface area contributed by atoms with Gasteiger partial charge in [-0.2, -0.15) is 4.31 Å². The van der Waals surface area contributed by atoms with Crippen LogP contribution in [-0.4, -0.2) is 66.4 Å². The van der Waals surface area contributed by atoms with E-state index in [9.17, 15) is 23.1 Å². The molecule has 0 bridgehead atoms. The maximum atomic E-state index is 13.3. The number of hydrogen-bond donors (Lipinski definition) is 1. The summed E-state index contributed by atoms with van der Waals surface area (Å²) < 4.78 is 27.9. The van der Waals surface area contributed by atoms with Crippen molar-refractivity contribution in [2.75, 3.05) is 25.4 Å². The molecule has 2 aliphatic rings. The van der Waals surface area contributed by atoms with Gasteiger partial charge < -0.3 is 5.11 Å². The number of fused-ring (bicyclic) bond motifs is 1. The van der Waals surface area contributed by atoms with E-state index >= 15 is 0 Å². The lowest BCUT2D eigenvalue weighted by molar-refractivity contribution is -0.109. The van der Waals surface area contributed by atoms with Gasteiger partial charge in [-0.15, -0.1) is 0 Å². The molecule has 1 heterocycles. The zero-order chi connectivity index (χ0) is 23.1. The number of benzene rings is 1. The van der Waals surface area contributed by atoms with Crippen LogP contribution < -0.4 is 0 Å². The first-order chi connectivity index (χ1) is 15.3. The van der Waals surface area contributed by atoms with Gasteiger partial charge in [-0.3, -0.25) is 14.6 Å². The fourth-order valence-corrected chi connectivity index (χ4v) is 5.83. The number of Topliss-reactive ketones (excluding diaryl/α,β-unsaturated/α-hetero) is 1. The molecule has 3 unspecified atom stereocenters. The first-order valence-electron chi connectivity index (χ1n) is 10.6. The third-order valence-corrected chi connectivity index (χ3v) is 8.32. The molecule has 172 valence electrons. The van der Waals surface area contributed by atoms with Crippen molar-refractivity contribution in [2.45, 2.75) is 30.7 Å². The van der Waals surface area contributed by atoms with Crippen LogP contribution in [0.2, 0.25) is 0 Å². The second kappa shape index (κ2) is 11.2. The minimum Gasteiger partial charge on any atom is -0.396 e. The maximum absolute atomic E-state index is 13.3. The van der Waals surface area contributed by atoms with Gasteiger partial charge in [0.2, 0.25) is 10.0 Å². The molecule has 32 heavy (non-hydrogen) atoms. The fourth-order valence-electron chi connectivity index (χ4n) is 3.84. The van der Waals surface area contributed by atoms with Crippen LogP contribution in [0.15, 0.2) is 58.5 Å². The van der Waals surface area contributed by atoms with E-state index in [1.165, 1.54) is 35.5 Å². The van der Waals surface area contributed by atoms with Crippen molar-refractivity contribution in [3.63, 3.8) is 0 Å². The van der Waals surface area contributed by atoms with Crippen molar-refractivity contribution < 1.29 is 23.1 Å². The summed E-state index contributed by atoms with van der Waals surface area (Å²) in [4.78, 5) is 27.8. The molecule has 0 amide bonds. The number of aliphatic hydroxyl groups excluding tert-OH is 1. The van der Waals surface area contributed by atoms with Gasteiger partial charge >= 0.3 is 0 Å². The van der Waals surface area contributed by atoms with Crippen molar-refractivity contribution in [3.05, 3.63) is 54.1 Å². The van der Waals surface area contributed by atoms with Gasteiger partial charge in [0.25, 0.3) is 0 Å². The lowest BCUT2D eigenvalue weighted by atomic mass is 9.85. The molecule has 0 radical (unpaired) electrons. The highest BCUT2D eigenvalue weighted by atomic mass is 32.2. The van der Waals surface area contributed by atoms with Crippen LogP contribution in [0.1, 0.15) is 30.1 Å². The molecule has 1 N–H and O–H groups in total. The monoisotopic (exact) mass is 476 g/mol. The maximum Gasteiger partial charge on any atom is 0.243 e. The summed E-state index contributed by atoms with van der Waals surface area (Å²) in [5.74, 6) is 0.210. The predicted octanol–water partition coefficient (Wildman–Crippen LogP) is 2.72. The summed E-state index contributed by atoms with van der Waals surface area (Å²) in [6.45, 7) is 1.82. The molecule has 3 atom stereocenters. The summed E-state index contributed by atoms with van der Waals surface area (Å²) in [7, 11) is -3.79. The topological polar surface area (TPSA) is 104 Å². The molecule has 1 aliphatic heterocycles. The standard InChI is InChI=1S/C23H28N2O5S2/c1-17(27)31-16-23(28)18-7-9-20(10-8-18)32(29,30)25(12-4-14-26)13-11-19-15-24-22-6-3-2-5-21(19)22/h2-3,5-10,15,19,21-22,26H,4,11-14,16H2,1H3. The van der Waals surface area contributed by atoms with E-state index in [1.54, 1.807) is 0 Å². The van der Waals surface area contributed by atoms with Crippen LogP contribution in [0.25, 0.3) is 0 Å². The zero-order valence-corrected chi connectivity index (χ0v) is 19.6. The average Bonchev–Trinajstić information content (AvgIpc) is 3.20. The highest BCUT2D eigenvalue weighted by Crippen LogP contribution is 2.31. The molecule has 1 aliphatic carbocycles. The van der Waals surface area contributed by atoms with Crippen LogP contribution in [0.4, 0.5) is 0 Å².